The highest BCUT2D eigenvalue weighted by Crippen LogP contribution is 2.26. The lowest BCUT2D eigenvalue weighted by Crippen LogP contribution is -2.24. The summed E-state index contributed by atoms with van der Waals surface area (Å²) in [7, 11) is 1.63. The summed E-state index contributed by atoms with van der Waals surface area (Å²) in [6.07, 6.45) is -3.71. The van der Waals surface area contributed by atoms with Gasteiger partial charge in [-0.1, -0.05) is 30.3 Å². The van der Waals surface area contributed by atoms with E-state index >= 15 is 0 Å². The van der Waals surface area contributed by atoms with Gasteiger partial charge in [0.2, 0.25) is 6.29 Å². The second-order valence-corrected chi connectivity index (χ2v) is 6.97. The summed E-state index contributed by atoms with van der Waals surface area (Å²) in [5, 5.41) is 0. The number of ether oxygens (including phenoxy) is 3. The molecule has 0 fully saturated rings. The molecule has 0 radical (unpaired) electrons. The summed E-state index contributed by atoms with van der Waals surface area (Å²) < 4.78 is 77.3. The number of para-hydroxylation sites is 1. The van der Waals surface area contributed by atoms with Crippen molar-refractivity contribution in [1.29, 1.82) is 0 Å². The first-order valence-electron chi connectivity index (χ1n) is 9.82. The Kier molecular flexibility index (Phi) is 10.00. The molecule has 0 amide bonds. The molecule has 0 aliphatic carbocycles. The second-order valence-electron chi connectivity index (χ2n) is 6.97. The molecular weight excluding hydrogens is 421 g/mol. The van der Waals surface area contributed by atoms with Crippen LogP contribution in [0.5, 0.6) is 11.5 Å². The average molecular weight is 447 g/mol. The molecule has 0 unspecified atom stereocenters. The minimum Gasteiger partial charge on any atom is -0.465 e. The van der Waals surface area contributed by atoms with Crippen molar-refractivity contribution in [2.45, 2.75) is 38.3 Å². The molecule has 0 spiro atoms. The Morgan fingerprint density at radius 3 is 2.48 bits per heavy atom. The van der Waals surface area contributed by atoms with Gasteiger partial charge in [-0.2, -0.15) is 0 Å². The number of alkyl halides is 5. The molecule has 2 aromatic carbocycles. The van der Waals surface area contributed by atoms with Crippen molar-refractivity contribution in [3.05, 3.63) is 59.7 Å². The SMILES string of the molecule is CN(CF)CCC[C@H](OCF)Oc1ccccc1CCc1cccc(OC(F)(F)F)c1. The Balaban J connectivity index is 2.00. The van der Waals surface area contributed by atoms with E-state index in [1.807, 2.05) is 12.1 Å². The normalized spacial score (nSPS) is 12.7. The Bertz CT molecular complexity index is 788. The predicted molar refractivity (Wildman–Crippen MR) is 106 cm³/mol. The monoisotopic (exact) mass is 447 g/mol. The summed E-state index contributed by atoms with van der Waals surface area (Å²) in [5.74, 6) is 0.228. The van der Waals surface area contributed by atoms with E-state index in [0.717, 1.165) is 5.56 Å². The molecule has 0 saturated heterocycles. The van der Waals surface area contributed by atoms with Gasteiger partial charge in [-0.3, -0.25) is 4.90 Å². The minimum atomic E-state index is -4.75. The molecule has 172 valence electrons. The quantitative estimate of drug-likeness (QED) is 0.225. The van der Waals surface area contributed by atoms with Gasteiger partial charge < -0.3 is 14.2 Å². The number of benzene rings is 2. The van der Waals surface area contributed by atoms with E-state index in [1.54, 1.807) is 25.2 Å². The molecule has 0 aliphatic heterocycles. The van der Waals surface area contributed by atoms with Crippen molar-refractivity contribution in [3.8, 4) is 11.5 Å². The number of hydrogen-bond donors (Lipinski definition) is 0. The van der Waals surface area contributed by atoms with Gasteiger partial charge in [0.1, 0.15) is 18.3 Å². The van der Waals surface area contributed by atoms with E-state index in [1.165, 1.54) is 23.1 Å². The van der Waals surface area contributed by atoms with Gasteiger partial charge in [-0.15, -0.1) is 13.2 Å². The van der Waals surface area contributed by atoms with E-state index in [0.29, 0.717) is 43.5 Å². The van der Waals surface area contributed by atoms with Gasteiger partial charge in [-0.25, -0.2) is 8.78 Å². The molecular formula is C22H26F5NO3. The Labute approximate surface area is 178 Å². The standard InChI is InChI=1S/C22H26F5NO3/c1-28(15-23)13-5-10-21(29-16-24)30-20-9-3-2-7-18(20)12-11-17-6-4-8-19(14-17)31-22(25,26)27/h2-4,6-9,14,21H,5,10-13,15-16H2,1H3/t21-/m1/s1. The van der Waals surface area contributed by atoms with Gasteiger partial charge >= 0.3 is 6.36 Å². The molecule has 0 saturated carbocycles. The summed E-state index contributed by atoms with van der Waals surface area (Å²) in [5.41, 5.74) is 1.47. The lowest BCUT2D eigenvalue weighted by atomic mass is 10.0. The Morgan fingerprint density at radius 2 is 1.77 bits per heavy atom. The fourth-order valence-electron chi connectivity index (χ4n) is 2.98. The highest BCUT2D eigenvalue weighted by atomic mass is 19.4. The summed E-state index contributed by atoms with van der Waals surface area (Å²) in [4.78, 5) is 1.48. The molecule has 0 aromatic heterocycles. The van der Waals surface area contributed by atoms with Crippen molar-refractivity contribution in [2.24, 2.45) is 0 Å². The van der Waals surface area contributed by atoms with Gasteiger partial charge in [0.15, 0.2) is 6.86 Å². The molecule has 0 heterocycles. The van der Waals surface area contributed by atoms with Crippen LogP contribution in [0.3, 0.4) is 0 Å². The van der Waals surface area contributed by atoms with Crippen LogP contribution in [0, 0.1) is 0 Å². The molecule has 9 heteroatoms. The number of hydrogen-bond acceptors (Lipinski definition) is 4. The average Bonchev–Trinajstić information content (AvgIpc) is 2.72. The van der Waals surface area contributed by atoms with E-state index in [4.69, 9.17) is 9.47 Å². The molecule has 2 rings (SSSR count). The third-order valence-electron chi connectivity index (χ3n) is 4.48. The third kappa shape index (κ3) is 9.52. The zero-order valence-electron chi connectivity index (χ0n) is 17.2. The number of nitrogens with zero attached hydrogens (tertiary/aromatic N) is 1. The topological polar surface area (TPSA) is 30.9 Å². The van der Waals surface area contributed by atoms with Gasteiger partial charge in [0.05, 0.1) is 0 Å². The first kappa shape index (κ1) is 24.9. The lowest BCUT2D eigenvalue weighted by molar-refractivity contribution is -0.274. The Hall–Kier alpha value is -2.39. The van der Waals surface area contributed by atoms with E-state index in [9.17, 15) is 22.0 Å². The molecule has 1 atom stereocenters. The van der Waals surface area contributed by atoms with Crippen molar-refractivity contribution in [3.63, 3.8) is 0 Å². The van der Waals surface area contributed by atoms with E-state index < -0.39 is 26.3 Å². The van der Waals surface area contributed by atoms with Gasteiger partial charge in [-0.05, 0) is 55.6 Å². The molecule has 31 heavy (non-hydrogen) atoms. The molecule has 4 nitrogen and oxygen atoms in total. The van der Waals surface area contributed by atoms with Crippen molar-refractivity contribution in [2.75, 3.05) is 27.3 Å². The largest absolute Gasteiger partial charge is 0.573 e. The fourth-order valence-corrected chi connectivity index (χ4v) is 2.98. The van der Waals surface area contributed by atoms with Crippen LogP contribution >= 0.6 is 0 Å². The predicted octanol–water partition coefficient (Wildman–Crippen LogP) is 5.66. The van der Waals surface area contributed by atoms with Crippen LogP contribution in [0.4, 0.5) is 22.0 Å². The summed E-state index contributed by atoms with van der Waals surface area (Å²) in [6.45, 7) is -1.12. The maximum absolute atomic E-state index is 12.8. The van der Waals surface area contributed by atoms with Crippen LogP contribution in [0.15, 0.2) is 48.5 Å². The molecule has 0 aliphatic rings. The zero-order valence-corrected chi connectivity index (χ0v) is 17.2. The van der Waals surface area contributed by atoms with Crippen molar-refractivity contribution < 1.29 is 36.2 Å². The maximum Gasteiger partial charge on any atom is 0.573 e. The van der Waals surface area contributed by atoms with Crippen LogP contribution in [0.25, 0.3) is 0 Å². The summed E-state index contributed by atoms with van der Waals surface area (Å²) in [6, 6.07) is 12.9. The van der Waals surface area contributed by atoms with E-state index in [-0.39, 0.29) is 5.75 Å². The van der Waals surface area contributed by atoms with Crippen LogP contribution < -0.4 is 9.47 Å². The molecule has 0 bridgehead atoms. The second kappa shape index (κ2) is 12.5. The summed E-state index contributed by atoms with van der Waals surface area (Å²) >= 11 is 0. The number of aryl methyl sites for hydroxylation is 2. The Morgan fingerprint density at radius 1 is 1.00 bits per heavy atom. The van der Waals surface area contributed by atoms with Crippen LogP contribution in [0.2, 0.25) is 0 Å². The molecule has 0 N–H and O–H groups in total. The van der Waals surface area contributed by atoms with Crippen LogP contribution in [-0.4, -0.2) is 44.8 Å². The third-order valence-corrected chi connectivity index (χ3v) is 4.48. The maximum atomic E-state index is 12.8. The number of halogens is 5. The first-order valence-corrected chi connectivity index (χ1v) is 9.82. The van der Waals surface area contributed by atoms with E-state index in [2.05, 4.69) is 4.74 Å². The van der Waals surface area contributed by atoms with Crippen LogP contribution in [-0.2, 0) is 17.6 Å². The van der Waals surface area contributed by atoms with Gasteiger partial charge in [0.25, 0.3) is 0 Å². The highest BCUT2D eigenvalue weighted by Gasteiger charge is 2.31. The van der Waals surface area contributed by atoms with Gasteiger partial charge in [0, 0.05) is 13.0 Å². The smallest absolute Gasteiger partial charge is 0.465 e. The van der Waals surface area contributed by atoms with Crippen molar-refractivity contribution >= 4 is 0 Å². The first-order chi connectivity index (χ1) is 14.8. The highest BCUT2D eigenvalue weighted by molar-refractivity contribution is 5.35. The van der Waals surface area contributed by atoms with Crippen molar-refractivity contribution in [1.82, 2.24) is 4.90 Å². The number of rotatable bonds is 13. The lowest BCUT2D eigenvalue weighted by Gasteiger charge is -2.21. The molecule has 2 aromatic rings. The zero-order chi connectivity index (χ0) is 22.7. The van der Waals surface area contributed by atoms with Crippen LogP contribution in [0.1, 0.15) is 24.0 Å². The fraction of sp³-hybridized carbons (Fsp3) is 0.455. The minimum absolute atomic E-state index is 0.274.